The molecule has 1 aliphatic rings. The van der Waals surface area contributed by atoms with Crippen LogP contribution in [0.3, 0.4) is 0 Å². The third kappa shape index (κ3) is 3.97. The van der Waals surface area contributed by atoms with Crippen molar-refractivity contribution >= 4 is 0 Å². The van der Waals surface area contributed by atoms with Crippen LogP contribution in [0.25, 0.3) is 0 Å². The fraction of sp³-hybridized carbons (Fsp3) is 0.667. The number of hydrogen-bond acceptors (Lipinski definition) is 2. The molecule has 3 unspecified atom stereocenters. The summed E-state index contributed by atoms with van der Waals surface area (Å²) in [5.41, 5.74) is 0.900. The van der Waals surface area contributed by atoms with E-state index >= 15 is 0 Å². The standard InChI is InChI=1S/C18H28FNO/c1-12(14-10-9-13(21)11-16(14)19)20-17-8-6-5-7-15(17)18(2,3)4/h9-12,15,17,20-21H,5-8H2,1-4H3. The first-order valence-electron chi connectivity index (χ1n) is 8.03. The highest BCUT2D eigenvalue weighted by atomic mass is 19.1. The van der Waals surface area contributed by atoms with Crippen molar-refractivity contribution in [3.05, 3.63) is 29.6 Å². The van der Waals surface area contributed by atoms with Gasteiger partial charge in [0.05, 0.1) is 0 Å². The van der Waals surface area contributed by atoms with Crippen molar-refractivity contribution in [3.63, 3.8) is 0 Å². The molecule has 118 valence electrons. The van der Waals surface area contributed by atoms with E-state index in [-0.39, 0.29) is 23.0 Å². The molecular formula is C18H28FNO. The number of phenols is 1. The summed E-state index contributed by atoms with van der Waals surface area (Å²) in [5, 5.41) is 13.0. The van der Waals surface area contributed by atoms with Gasteiger partial charge in [0.2, 0.25) is 0 Å². The fourth-order valence-electron chi connectivity index (χ4n) is 3.65. The van der Waals surface area contributed by atoms with Crippen molar-refractivity contribution in [1.82, 2.24) is 5.32 Å². The molecule has 2 rings (SSSR count). The molecule has 0 saturated heterocycles. The van der Waals surface area contributed by atoms with E-state index in [1.165, 1.54) is 25.3 Å². The van der Waals surface area contributed by atoms with Crippen LogP contribution in [-0.4, -0.2) is 11.1 Å². The Hall–Kier alpha value is -1.09. The summed E-state index contributed by atoms with van der Waals surface area (Å²) in [5.74, 6) is 0.265. The molecule has 2 N–H and O–H groups in total. The van der Waals surface area contributed by atoms with Gasteiger partial charge in [0.15, 0.2) is 0 Å². The molecule has 0 radical (unpaired) electrons. The number of aromatic hydroxyl groups is 1. The van der Waals surface area contributed by atoms with Crippen LogP contribution in [0.4, 0.5) is 4.39 Å². The van der Waals surface area contributed by atoms with E-state index in [0.29, 0.717) is 17.5 Å². The van der Waals surface area contributed by atoms with E-state index < -0.39 is 0 Å². The second kappa shape index (κ2) is 6.35. The third-order valence-electron chi connectivity index (χ3n) is 4.79. The van der Waals surface area contributed by atoms with E-state index in [9.17, 15) is 9.50 Å². The van der Waals surface area contributed by atoms with Crippen molar-refractivity contribution in [2.75, 3.05) is 0 Å². The van der Waals surface area contributed by atoms with Gasteiger partial charge in [-0.2, -0.15) is 0 Å². The van der Waals surface area contributed by atoms with E-state index in [1.54, 1.807) is 12.1 Å². The van der Waals surface area contributed by atoms with Gasteiger partial charge < -0.3 is 10.4 Å². The van der Waals surface area contributed by atoms with Gasteiger partial charge >= 0.3 is 0 Å². The zero-order chi connectivity index (χ0) is 15.6. The molecule has 0 spiro atoms. The van der Waals surface area contributed by atoms with Gasteiger partial charge in [0.1, 0.15) is 11.6 Å². The average molecular weight is 293 g/mol. The zero-order valence-electron chi connectivity index (χ0n) is 13.6. The highest BCUT2D eigenvalue weighted by Gasteiger charge is 2.34. The smallest absolute Gasteiger partial charge is 0.131 e. The van der Waals surface area contributed by atoms with Crippen molar-refractivity contribution in [2.24, 2.45) is 11.3 Å². The molecule has 1 aromatic carbocycles. The Morgan fingerprint density at radius 2 is 1.90 bits per heavy atom. The number of phenolic OH excluding ortho intramolecular Hbond substituents is 1. The van der Waals surface area contributed by atoms with Crippen LogP contribution in [0.1, 0.15) is 65.0 Å². The molecule has 3 heteroatoms. The minimum Gasteiger partial charge on any atom is -0.508 e. The van der Waals surface area contributed by atoms with Crippen molar-refractivity contribution in [1.29, 1.82) is 0 Å². The molecule has 3 atom stereocenters. The van der Waals surface area contributed by atoms with Crippen molar-refractivity contribution < 1.29 is 9.50 Å². The number of rotatable bonds is 3. The molecule has 0 aliphatic heterocycles. The Morgan fingerprint density at radius 1 is 1.24 bits per heavy atom. The number of hydrogen-bond donors (Lipinski definition) is 2. The normalized spacial score (nSPS) is 24.8. The maximum Gasteiger partial charge on any atom is 0.131 e. The van der Waals surface area contributed by atoms with Gasteiger partial charge in [-0.05, 0) is 37.2 Å². The van der Waals surface area contributed by atoms with Crippen LogP contribution >= 0.6 is 0 Å². The Bertz CT molecular complexity index is 481. The van der Waals surface area contributed by atoms with Crippen molar-refractivity contribution in [2.45, 2.75) is 65.5 Å². The largest absolute Gasteiger partial charge is 0.508 e. The molecule has 21 heavy (non-hydrogen) atoms. The van der Waals surface area contributed by atoms with Crippen molar-refractivity contribution in [3.8, 4) is 5.75 Å². The summed E-state index contributed by atoms with van der Waals surface area (Å²) < 4.78 is 14.0. The quantitative estimate of drug-likeness (QED) is 0.840. The summed E-state index contributed by atoms with van der Waals surface area (Å²) in [6.07, 6.45) is 4.94. The molecule has 0 aromatic heterocycles. The molecular weight excluding hydrogens is 265 g/mol. The predicted octanol–water partition coefficient (Wildman–Crippen LogP) is 4.79. The van der Waals surface area contributed by atoms with Crippen LogP contribution in [-0.2, 0) is 0 Å². The first-order valence-corrected chi connectivity index (χ1v) is 8.03. The maximum absolute atomic E-state index is 14.0. The van der Waals surface area contributed by atoms with E-state index in [2.05, 4.69) is 26.1 Å². The molecule has 1 aromatic rings. The molecule has 0 amide bonds. The predicted molar refractivity (Wildman–Crippen MR) is 84.8 cm³/mol. The Labute approximate surface area is 127 Å². The summed E-state index contributed by atoms with van der Waals surface area (Å²) in [4.78, 5) is 0. The molecule has 1 fully saturated rings. The topological polar surface area (TPSA) is 32.3 Å². The van der Waals surface area contributed by atoms with Crippen LogP contribution in [0.5, 0.6) is 5.75 Å². The van der Waals surface area contributed by atoms with Gasteiger partial charge in [-0.25, -0.2) is 4.39 Å². The lowest BCUT2D eigenvalue weighted by molar-refractivity contribution is 0.124. The maximum atomic E-state index is 14.0. The first kappa shape index (κ1) is 16.3. The fourth-order valence-corrected chi connectivity index (χ4v) is 3.65. The van der Waals surface area contributed by atoms with Crippen LogP contribution < -0.4 is 5.32 Å². The van der Waals surface area contributed by atoms with Gasteiger partial charge in [0.25, 0.3) is 0 Å². The minimum absolute atomic E-state index is 0.0197. The third-order valence-corrected chi connectivity index (χ3v) is 4.79. The second-order valence-corrected chi connectivity index (χ2v) is 7.46. The molecule has 1 aliphatic carbocycles. The minimum atomic E-state index is -0.335. The van der Waals surface area contributed by atoms with Gasteiger partial charge in [-0.1, -0.05) is 39.7 Å². The van der Waals surface area contributed by atoms with E-state index in [0.717, 1.165) is 6.42 Å². The first-order chi connectivity index (χ1) is 9.79. The number of halogens is 1. The Morgan fingerprint density at radius 3 is 2.52 bits per heavy atom. The summed E-state index contributed by atoms with van der Waals surface area (Å²) in [7, 11) is 0. The summed E-state index contributed by atoms with van der Waals surface area (Å²) in [6.45, 7) is 8.89. The number of nitrogens with one attached hydrogen (secondary N) is 1. The summed E-state index contributed by atoms with van der Waals surface area (Å²) >= 11 is 0. The van der Waals surface area contributed by atoms with Gasteiger partial charge in [-0.3, -0.25) is 0 Å². The molecule has 0 heterocycles. The molecule has 2 nitrogen and oxygen atoms in total. The Balaban J connectivity index is 2.11. The zero-order valence-corrected chi connectivity index (χ0v) is 13.6. The van der Waals surface area contributed by atoms with E-state index in [4.69, 9.17) is 0 Å². The monoisotopic (exact) mass is 293 g/mol. The van der Waals surface area contributed by atoms with E-state index in [1.807, 2.05) is 6.92 Å². The average Bonchev–Trinajstić information content (AvgIpc) is 2.37. The Kier molecular flexibility index (Phi) is 4.92. The SMILES string of the molecule is CC(NC1CCCCC1C(C)(C)C)c1ccc(O)cc1F. The lowest BCUT2D eigenvalue weighted by Gasteiger charge is -2.42. The number of benzene rings is 1. The summed E-state index contributed by atoms with van der Waals surface area (Å²) in [6, 6.07) is 4.81. The lowest BCUT2D eigenvalue weighted by atomic mass is 9.69. The highest BCUT2D eigenvalue weighted by Crippen LogP contribution is 2.39. The van der Waals surface area contributed by atoms with Crippen LogP contribution in [0.2, 0.25) is 0 Å². The van der Waals surface area contributed by atoms with Crippen LogP contribution in [0, 0.1) is 17.2 Å². The lowest BCUT2D eigenvalue weighted by Crippen LogP contribution is -2.45. The van der Waals surface area contributed by atoms with Crippen LogP contribution in [0.15, 0.2) is 18.2 Å². The molecule has 0 bridgehead atoms. The highest BCUT2D eigenvalue weighted by molar-refractivity contribution is 5.29. The second-order valence-electron chi connectivity index (χ2n) is 7.46. The molecule has 1 saturated carbocycles. The van der Waals surface area contributed by atoms with Gasteiger partial charge in [0, 0.05) is 23.7 Å². The van der Waals surface area contributed by atoms with Gasteiger partial charge in [-0.15, -0.1) is 0 Å².